The molecular weight excluding hydrogens is 360 g/mol. The Labute approximate surface area is 160 Å². The molecule has 0 spiro atoms. The first-order valence-corrected chi connectivity index (χ1v) is 10.0. The minimum Gasteiger partial charge on any atom is -0.317 e. The predicted molar refractivity (Wildman–Crippen MR) is 108 cm³/mol. The first-order chi connectivity index (χ1) is 13.1. The SMILES string of the molecule is C1CCNCC1.Cc1cn2nc(-c3cc(=O)n4ccsc4n3)cc(C)c2n1. The summed E-state index contributed by atoms with van der Waals surface area (Å²) in [6.45, 7) is 6.40. The van der Waals surface area contributed by atoms with Gasteiger partial charge in [-0.25, -0.2) is 14.5 Å². The van der Waals surface area contributed by atoms with Crippen molar-refractivity contribution in [3.8, 4) is 11.4 Å². The van der Waals surface area contributed by atoms with Gasteiger partial charge in [-0.2, -0.15) is 5.10 Å². The number of rotatable bonds is 1. The van der Waals surface area contributed by atoms with Crippen LogP contribution in [0.15, 0.2) is 34.7 Å². The molecule has 1 saturated heterocycles. The molecule has 4 aromatic heterocycles. The number of piperidine rings is 1. The number of hydrogen-bond acceptors (Lipinski definition) is 6. The third kappa shape index (κ3) is 3.77. The first-order valence-electron chi connectivity index (χ1n) is 9.13. The molecule has 0 radical (unpaired) electrons. The van der Waals surface area contributed by atoms with E-state index >= 15 is 0 Å². The Balaban J connectivity index is 0.000000257. The fraction of sp³-hybridized carbons (Fsp3) is 0.368. The molecule has 27 heavy (non-hydrogen) atoms. The molecular formula is C19H22N6OS. The lowest BCUT2D eigenvalue weighted by atomic mass is 10.2. The molecule has 1 fully saturated rings. The molecule has 5 rings (SSSR count). The zero-order valence-electron chi connectivity index (χ0n) is 15.5. The largest absolute Gasteiger partial charge is 0.317 e. The smallest absolute Gasteiger partial charge is 0.259 e. The van der Waals surface area contributed by atoms with E-state index in [-0.39, 0.29) is 5.56 Å². The Kier molecular flexibility index (Phi) is 5.00. The lowest BCUT2D eigenvalue weighted by molar-refractivity contribution is 0.520. The van der Waals surface area contributed by atoms with Gasteiger partial charge in [-0.15, -0.1) is 11.3 Å². The third-order valence-electron chi connectivity index (χ3n) is 4.50. The summed E-state index contributed by atoms with van der Waals surface area (Å²) >= 11 is 1.43. The van der Waals surface area contributed by atoms with Crippen LogP contribution >= 0.6 is 11.3 Å². The summed E-state index contributed by atoms with van der Waals surface area (Å²) in [5.74, 6) is 0. The van der Waals surface area contributed by atoms with E-state index in [2.05, 4.69) is 20.4 Å². The Morgan fingerprint density at radius 3 is 2.59 bits per heavy atom. The van der Waals surface area contributed by atoms with Crippen LogP contribution in [0.5, 0.6) is 0 Å². The summed E-state index contributed by atoms with van der Waals surface area (Å²) in [4.78, 5) is 21.7. The fourth-order valence-electron chi connectivity index (χ4n) is 3.15. The topological polar surface area (TPSA) is 76.6 Å². The van der Waals surface area contributed by atoms with Crippen molar-refractivity contribution in [2.24, 2.45) is 0 Å². The molecule has 0 atom stereocenters. The standard InChI is InChI=1S/C14H11N5OS.C5H11N/c1-8-5-11(17-19-7-9(2)15-13(8)19)10-6-12(20)18-3-4-21-14(18)16-10;1-2-4-6-5-3-1/h3-7H,1-2H3;6H,1-5H2. The van der Waals surface area contributed by atoms with Gasteiger partial charge in [-0.3, -0.25) is 9.20 Å². The van der Waals surface area contributed by atoms with Crippen LogP contribution < -0.4 is 10.9 Å². The van der Waals surface area contributed by atoms with E-state index in [9.17, 15) is 4.79 Å². The van der Waals surface area contributed by atoms with Crippen LogP contribution in [0.25, 0.3) is 22.0 Å². The van der Waals surface area contributed by atoms with E-state index in [1.165, 1.54) is 54.2 Å². The number of aromatic nitrogens is 5. The molecule has 1 N–H and O–H groups in total. The second-order valence-electron chi connectivity index (χ2n) is 6.71. The number of thiazole rings is 1. The lowest BCUT2D eigenvalue weighted by Gasteiger charge is -2.08. The molecule has 0 unspecified atom stereocenters. The Hall–Kier alpha value is -2.58. The molecule has 0 aliphatic carbocycles. The van der Waals surface area contributed by atoms with Crippen LogP contribution in [0, 0.1) is 13.8 Å². The van der Waals surface area contributed by atoms with Crippen molar-refractivity contribution in [2.75, 3.05) is 13.1 Å². The van der Waals surface area contributed by atoms with Crippen molar-refractivity contribution in [1.29, 1.82) is 0 Å². The van der Waals surface area contributed by atoms with Crippen molar-refractivity contribution in [2.45, 2.75) is 33.1 Å². The number of imidazole rings is 1. The van der Waals surface area contributed by atoms with Gasteiger partial charge in [-0.05, 0) is 51.4 Å². The van der Waals surface area contributed by atoms with Gasteiger partial charge in [0.2, 0.25) is 0 Å². The number of aryl methyl sites for hydroxylation is 2. The molecule has 5 heterocycles. The maximum Gasteiger partial charge on any atom is 0.259 e. The highest BCUT2D eigenvalue weighted by molar-refractivity contribution is 7.15. The van der Waals surface area contributed by atoms with Crippen LogP contribution in [0.3, 0.4) is 0 Å². The molecule has 0 aromatic carbocycles. The van der Waals surface area contributed by atoms with Gasteiger partial charge in [0.05, 0.1) is 17.6 Å². The highest BCUT2D eigenvalue weighted by Crippen LogP contribution is 2.19. The summed E-state index contributed by atoms with van der Waals surface area (Å²) in [5.41, 5.74) is 3.89. The zero-order valence-corrected chi connectivity index (χ0v) is 16.3. The number of hydrogen-bond donors (Lipinski definition) is 1. The molecule has 0 bridgehead atoms. The van der Waals surface area contributed by atoms with Crippen LogP contribution in [-0.4, -0.2) is 37.1 Å². The van der Waals surface area contributed by atoms with E-state index in [0.29, 0.717) is 16.3 Å². The Morgan fingerprint density at radius 1 is 1.07 bits per heavy atom. The second-order valence-corrected chi connectivity index (χ2v) is 7.58. The van der Waals surface area contributed by atoms with Gasteiger partial charge in [0.25, 0.3) is 5.56 Å². The fourth-order valence-corrected chi connectivity index (χ4v) is 3.87. The van der Waals surface area contributed by atoms with Crippen molar-refractivity contribution >= 4 is 21.9 Å². The van der Waals surface area contributed by atoms with Gasteiger partial charge in [0, 0.05) is 17.6 Å². The molecule has 8 heteroatoms. The first kappa shape index (κ1) is 17.8. The molecule has 7 nitrogen and oxygen atoms in total. The lowest BCUT2D eigenvalue weighted by Crippen LogP contribution is -2.21. The number of nitrogens with zero attached hydrogens (tertiary/aromatic N) is 5. The minimum absolute atomic E-state index is 0.0994. The highest BCUT2D eigenvalue weighted by atomic mass is 32.1. The summed E-state index contributed by atoms with van der Waals surface area (Å²) < 4.78 is 3.26. The van der Waals surface area contributed by atoms with E-state index in [1.807, 2.05) is 31.5 Å². The van der Waals surface area contributed by atoms with Crippen LogP contribution in [-0.2, 0) is 0 Å². The molecule has 1 aliphatic rings. The van der Waals surface area contributed by atoms with E-state index < -0.39 is 0 Å². The number of fused-ring (bicyclic) bond motifs is 2. The minimum atomic E-state index is -0.0994. The van der Waals surface area contributed by atoms with Crippen molar-refractivity contribution in [1.82, 2.24) is 29.3 Å². The second kappa shape index (κ2) is 7.58. The van der Waals surface area contributed by atoms with Crippen molar-refractivity contribution in [3.05, 3.63) is 51.5 Å². The highest BCUT2D eigenvalue weighted by Gasteiger charge is 2.11. The van der Waals surface area contributed by atoms with Gasteiger partial charge < -0.3 is 5.32 Å². The van der Waals surface area contributed by atoms with Gasteiger partial charge in [-0.1, -0.05) is 6.42 Å². The summed E-state index contributed by atoms with van der Waals surface area (Å²) in [5, 5.41) is 9.63. The van der Waals surface area contributed by atoms with Gasteiger partial charge >= 0.3 is 0 Å². The molecule has 1 aliphatic heterocycles. The van der Waals surface area contributed by atoms with Crippen molar-refractivity contribution in [3.63, 3.8) is 0 Å². The monoisotopic (exact) mass is 382 g/mol. The van der Waals surface area contributed by atoms with Crippen molar-refractivity contribution < 1.29 is 0 Å². The maximum atomic E-state index is 12.1. The zero-order chi connectivity index (χ0) is 18.8. The van der Waals surface area contributed by atoms with Crippen LogP contribution in [0.2, 0.25) is 0 Å². The maximum absolute atomic E-state index is 12.1. The predicted octanol–water partition coefficient (Wildman–Crippen LogP) is 2.84. The van der Waals surface area contributed by atoms with E-state index in [0.717, 1.165) is 16.9 Å². The average molecular weight is 382 g/mol. The van der Waals surface area contributed by atoms with Crippen LogP contribution in [0.4, 0.5) is 0 Å². The van der Waals surface area contributed by atoms with E-state index in [1.54, 1.807) is 10.7 Å². The Bertz CT molecular complexity index is 1130. The third-order valence-corrected chi connectivity index (χ3v) is 5.26. The van der Waals surface area contributed by atoms with Crippen LogP contribution in [0.1, 0.15) is 30.5 Å². The van der Waals surface area contributed by atoms with E-state index in [4.69, 9.17) is 0 Å². The van der Waals surface area contributed by atoms with Gasteiger partial charge in [0.1, 0.15) is 5.69 Å². The summed E-state index contributed by atoms with van der Waals surface area (Å²) in [7, 11) is 0. The normalized spacial score (nSPS) is 14.3. The molecule has 4 aromatic rings. The quantitative estimate of drug-likeness (QED) is 0.548. The Morgan fingerprint density at radius 2 is 1.89 bits per heavy atom. The number of nitrogens with one attached hydrogen (secondary N) is 1. The molecule has 140 valence electrons. The van der Waals surface area contributed by atoms with Gasteiger partial charge in [0.15, 0.2) is 10.6 Å². The summed E-state index contributed by atoms with van der Waals surface area (Å²) in [6.07, 6.45) is 7.80. The molecule has 0 amide bonds. The summed E-state index contributed by atoms with van der Waals surface area (Å²) in [6, 6.07) is 3.42. The average Bonchev–Trinajstić information content (AvgIpc) is 3.30. The molecule has 0 saturated carbocycles.